The summed E-state index contributed by atoms with van der Waals surface area (Å²) in [4.78, 5) is 20.0. The monoisotopic (exact) mass is 745 g/mol. The zero-order chi connectivity index (χ0) is 37.9. The van der Waals surface area contributed by atoms with Crippen LogP contribution in [0.5, 0.6) is 11.5 Å². The minimum Gasteiger partial charge on any atom is -0.456 e. The van der Waals surface area contributed by atoms with E-state index in [0.717, 1.165) is 74.6 Å². The van der Waals surface area contributed by atoms with E-state index in [-0.39, 0.29) is 5.97 Å². The van der Waals surface area contributed by atoms with E-state index < -0.39 is 11.1 Å². The van der Waals surface area contributed by atoms with Gasteiger partial charge in [0.1, 0.15) is 11.5 Å². The number of fused-ring (bicyclic) bond motifs is 9. The molecule has 2 aliphatic heterocycles. The molecule has 1 atom stereocenters. The van der Waals surface area contributed by atoms with Crippen molar-refractivity contribution in [1.29, 1.82) is 0 Å². The van der Waals surface area contributed by atoms with Gasteiger partial charge in [0.15, 0.2) is 5.60 Å². The molecular formula is C48H44ClN3O3. The van der Waals surface area contributed by atoms with Gasteiger partial charge in [-0.05, 0) is 97.3 Å². The van der Waals surface area contributed by atoms with E-state index in [1.165, 1.54) is 0 Å². The molecule has 6 nitrogen and oxygen atoms in total. The maximum absolute atomic E-state index is 15.2. The Bertz CT molecular complexity index is 2400. The van der Waals surface area contributed by atoms with Crippen LogP contribution in [0.1, 0.15) is 77.0 Å². The molecule has 4 aliphatic rings. The van der Waals surface area contributed by atoms with Crippen molar-refractivity contribution >= 4 is 40.6 Å². The van der Waals surface area contributed by atoms with Crippen LogP contribution < -0.4 is 15.0 Å². The molecule has 0 aromatic heterocycles. The molecular weight excluding hydrogens is 702 g/mol. The lowest BCUT2D eigenvalue weighted by Crippen LogP contribution is -2.46. The van der Waals surface area contributed by atoms with Crippen molar-refractivity contribution in [2.75, 3.05) is 36.4 Å². The number of anilines is 2. The molecule has 0 bridgehead atoms. The summed E-state index contributed by atoms with van der Waals surface area (Å²) in [7, 11) is 0. The Hall–Kier alpha value is -5.56. The van der Waals surface area contributed by atoms with E-state index in [2.05, 4.69) is 104 Å². The standard InChI is InChI=1S/C48H44ClN3O3/c1-5-51(6-2)45-39(47(52(7-3)8-4)25-24-32-26-33-27-34(49)22-23-35(33)36(32)29-47)28-40(50-30-31-16-10-9-11-17-31)44-43(45)46(53)55-48(44)37-18-12-14-20-41(37)54-42-21-15-13-19-38(42)48/h9-29,50H,5-8,30H2,1-4H3. The van der Waals surface area contributed by atoms with Crippen molar-refractivity contribution in [1.82, 2.24) is 4.90 Å². The molecule has 7 heteroatoms. The smallest absolute Gasteiger partial charge is 0.342 e. The number of likely N-dealkylation sites (N-methyl/N-ethyl adjacent to an activating group) is 1. The number of allylic oxidation sites excluding steroid dienone is 3. The van der Waals surface area contributed by atoms with Crippen LogP contribution in [-0.2, 0) is 22.4 Å². The van der Waals surface area contributed by atoms with Crippen LogP contribution in [0.3, 0.4) is 0 Å². The zero-order valence-corrected chi connectivity index (χ0v) is 32.4. The third-order valence-electron chi connectivity index (χ3n) is 11.8. The highest BCUT2D eigenvalue weighted by Crippen LogP contribution is 2.61. The Labute approximate surface area is 328 Å². The second kappa shape index (κ2) is 13.6. The minimum absolute atomic E-state index is 0.350. The predicted octanol–water partition coefficient (Wildman–Crippen LogP) is 11.0. The molecule has 0 amide bonds. The Balaban J connectivity index is 1.40. The van der Waals surface area contributed by atoms with Crippen molar-refractivity contribution in [3.63, 3.8) is 0 Å². The fourth-order valence-electron chi connectivity index (χ4n) is 9.28. The molecule has 1 spiro atoms. The van der Waals surface area contributed by atoms with Gasteiger partial charge in [0.2, 0.25) is 0 Å². The molecule has 1 unspecified atom stereocenters. The molecule has 55 heavy (non-hydrogen) atoms. The largest absolute Gasteiger partial charge is 0.456 e. The van der Waals surface area contributed by atoms with Gasteiger partial charge in [-0.1, -0.05) is 110 Å². The summed E-state index contributed by atoms with van der Waals surface area (Å²) in [6, 6.07) is 34.7. The van der Waals surface area contributed by atoms with E-state index in [1.54, 1.807) is 0 Å². The number of nitrogens with zero attached hydrogens (tertiary/aromatic N) is 2. The quantitative estimate of drug-likeness (QED) is 0.144. The molecule has 276 valence electrons. The van der Waals surface area contributed by atoms with Crippen molar-refractivity contribution in [2.45, 2.75) is 45.4 Å². The van der Waals surface area contributed by atoms with Gasteiger partial charge in [0.05, 0.1) is 16.8 Å². The van der Waals surface area contributed by atoms with Crippen molar-refractivity contribution in [3.05, 3.63) is 176 Å². The van der Waals surface area contributed by atoms with Gasteiger partial charge in [-0.15, -0.1) is 0 Å². The second-order valence-electron chi connectivity index (χ2n) is 14.5. The van der Waals surface area contributed by atoms with Crippen LogP contribution in [-0.4, -0.2) is 37.0 Å². The maximum atomic E-state index is 15.2. The average molecular weight is 746 g/mol. The second-order valence-corrected chi connectivity index (χ2v) is 14.9. The molecule has 5 aromatic carbocycles. The van der Waals surface area contributed by atoms with Crippen molar-refractivity contribution in [2.24, 2.45) is 0 Å². The number of para-hydroxylation sites is 2. The van der Waals surface area contributed by atoms with Crippen molar-refractivity contribution in [3.8, 4) is 11.5 Å². The summed E-state index contributed by atoms with van der Waals surface area (Å²) < 4.78 is 13.5. The Kier molecular flexibility index (Phi) is 8.71. The Morgan fingerprint density at radius 1 is 0.764 bits per heavy atom. The van der Waals surface area contributed by atoms with E-state index in [4.69, 9.17) is 21.1 Å². The van der Waals surface area contributed by atoms with Gasteiger partial charge in [-0.2, -0.15) is 0 Å². The van der Waals surface area contributed by atoms with Crippen LogP contribution in [0.25, 0.3) is 11.6 Å². The van der Waals surface area contributed by atoms with Crippen LogP contribution in [0, 0.1) is 0 Å². The summed E-state index contributed by atoms with van der Waals surface area (Å²) in [5.74, 6) is 0.989. The van der Waals surface area contributed by atoms with Gasteiger partial charge in [-0.25, -0.2) is 4.79 Å². The first-order valence-electron chi connectivity index (χ1n) is 19.4. The zero-order valence-electron chi connectivity index (χ0n) is 31.7. The number of rotatable bonds is 10. The lowest BCUT2D eigenvalue weighted by molar-refractivity contribution is 0.0226. The third kappa shape index (κ3) is 5.30. The van der Waals surface area contributed by atoms with Gasteiger partial charge >= 0.3 is 5.97 Å². The number of hydrogen-bond acceptors (Lipinski definition) is 6. The summed E-state index contributed by atoms with van der Waals surface area (Å²) >= 11 is 6.50. The highest BCUT2D eigenvalue weighted by atomic mass is 35.5. The van der Waals surface area contributed by atoms with Crippen molar-refractivity contribution < 1.29 is 14.3 Å². The first-order valence-corrected chi connectivity index (χ1v) is 19.8. The van der Waals surface area contributed by atoms with Gasteiger partial charge < -0.3 is 19.7 Å². The molecule has 0 saturated carbocycles. The van der Waals surface area contributed by atoms with Gasteiger partial charge in [0, 0.05) is 52.6 Å². The number of nitrogens with one attached hydrogen (secondary N) is 1. The summed E-state index contributed by atoms with van der Waals surface area (Å²) in [5.41, 5.74) is 9.52. The SMILES string of the molecule is CCN(CC)c1c(C2(N(CC)CC)C=CC3=Cc4cc(Cl)ccc4C3=C2)cc(NCc2ccccc2)c2c1C(=O)OC21c2ccccc2Oc2ccccc21. The topological polar surface area (TPSA) is 54.0 Å². The third-order valence-corrected chi connectivity index (χ3v) is 12.0. The minimum atomic E-state index is -1.25. The number of esters is 1. The number of halogens is 1. The molecule has 0 radical (unpaired) electrons. The molecule has 2 aliphatic carbocycles. The summed E-state index contributed by atoms with van der Waals surface area (Å²) in [6.45, 7) is 12.3. The number of hydrogen-bond donors (Lipinski definition) is 1. The van der Waals surface area contributed by atoms with Crippen LogP contribution in [0.15, 0.2) is 127 Å². The van der Waals surface area contributed by atoms with E-state index in [9.17, 15) is 0 Å². The van der Waals surface area contributed by atoms with E-state index in [1.807, 2.05) is 66.7 Å². The molecule has 0 fully saturated rings. The Morgan fingerprint density at radius 2 is 1.44 bits per heavy atom. The summed E-state index contributed by atoms with van der Waals surface area (Å²) in [5, 5.41) is 4.59. The van der Waals surface area contributed by atoms with E-state index >= 15 is 4.79 Å². The number of carbonyl (C=O) groups excluding carboxylic acids is 1. The molecule has 1 N–H and O–H groups in total. The van der Waals surface area contributed by atoms with Gasteiger partial charge in [0.25, 0.3) is 0 Å². The van der Waals surface area contributed by atoms with Crippen LogP contribution in [0.2, 0.25) is 5.02 Å². The lowest BCUT2D eigenvalue weighted by atomic mass is 9.73. The van der Waals surface area contributed by atoms with Crippen LogP contribution >= 0.6 is 11.6 Å². The molecule has 0 saturated heterocycles. The molecule has 9 rings (SSSR count). The lowest BCUT2D eigenvalue weighted by Gasteiger charge is -2.45. The number of ether oxygens (including phenoxy) is 2. The highest BCUT2D eigenvalue weighted by Gasteiger charge is 2.57. The molecule has 2 heterocycles. The van der Waals surface area contributed by atoms with Gasteiger partial charge in [-0.3, -0.25) is 4.90 Å². The van der Waals surface area contributed by atoms with Crippen LogP contribution in [0.4, 0.5) is 11.4 Å². The fourth-order valence-corrected chi connectivity index (χ4v) is 9.47. The molecule has 5 aromatic rings. The van der Waals surface area contributed by atoms with E-state index in [0.29, 0.717) is 41.7 Å². The Morgan fingerprint density at radius 3 is 2.11 bits per heavy atom. The summed E-state index contributed by atoms with van der Waals surface area (Å²) in [6.07, 6.45) is 9.21. The first-order chi connectivity index (χ1) is 26.9. The maximum Gasteiger partial charge on any atom is 0.342 e. The first kappa shape index (κ1) is 35.2. The average Bonchev–Trinajstić information content (AvgIpc) is 3.73. The predicted molar refractivity (Wildman–Crippen MR) is 223 cm³/mol. The fraction of sp³-hybridized carbons (Fsp3) is 0.229. The number of benzene rings is 5. The number of carbonyl (C=O) groups is 1. The highest BCUT2D eigenvalue weighted by molar-refractivity contribution is 6.31. The normalized spacial score (nSPS) is 18.0.